The van der Waals surface area contributed by atoms with Gasteiger partial charge in [0.15, 0.2) is 11.6 Å². The van der Waals surface area contributed by atoms with Crippen LogP contribution in [0.25, 0.3) is 0 Å². The molecule has 3 fully saturated rings. The first-order valence-electron chi connectivity index (χ1n) is 14.0. The molecule has 3 N–H and O–H groups in total. The van der Waals surface area contributed by atoms with Crippen LogP contribution in [0.3, 0.4) is 0 Å². The summed E-state index contributed by atoms with van der Waals surface area (Å²) in [7, 11) is 0. The van der Waals surface area contributed by atoms with Gasteiger partial charge >= 0.3 is 0 Å². The lowest BCUT2D eigenvalue weighted by molar-refractivity contribution is -0.117. The predicted molar refractivity (Wildman–Crippen MR) is 154 cm³/mol. The highest BCUT2D eigenvalue weighted by molar-refractivity contribution is 5.96. The summed E-state index contributed by atoms with van der Waals surface area (Å²) in [5, 5.41) is 13.4. The van der Waals surface area contributed by atoms with Gasteiger partial charge in [-0.1, -0.05) is 0 Å². The number of piperazine rings is 1. The molecule has 6 heterocycles. The summed E-state index contributed by atoms with van der Waals surface area (Å²) in [5.41, 5.74) is 2.18. The quantitative estimate of drug-likeness (QED) is 0.284. The van der Waals surface area contributed by atoms with E-state index in [1.807, 2.05) is 18.2 Å². The molecule has 42 heavy (non-hydrogen) atoms. The Kier molecular flexibility index (Phi) is 6.89. The molecule has 0 aromatic carbocycles. The summed E-state index contributed by atoms with van der Waals surface area (Å²) in [6, 6.07) is 5.11. The van der Waals surface area contributed by atoms with Crippen molar-refractivity contribution in [3.63, 3.8) is 0 Å². The zero-order valence-corrected chi connectivity index (χ0v) is 22.8. The highest BCUT2D eigenvalue weighted by Gasteiger charge is 2.39. The summed E-state index contributed by atoms with van der Waals surface area (Å²) in [5.74, 6) is 1.93. The lowest BCUT2D eigenvalue weighted by Gasteiger charge is -2.36. The number of nitrogens with one attached hydrogen (secondary N) is 3. The smallest absolute Gasteiger partial charge is 0.248 e. The fourth-order valence-electron chi connectivity index (χ4n) is 5.35. The number of nitrogens with zero attached hydrogens (tertiary/aromatic N) is 10. The molecule has 14 nitrogen and oxygen atoms in total. The summed E-state index contributed by atoms with van der Waals surface area (Å²) in [4.78, 5) is 45.5. The van der Waals surface area contributed by atoms with E-state index in [1.54, 1.807) is 17.3 Å². The number of carbonyl (C=O) groups excluding carboxylic acids is 1. The van der Waals surface area contributed by atoms with Gasteiger partial charge in [0, 0.05) is 80.8 Å². The Bertz CT molecular complexity index is 1530. The Balaban J connectivity index is 1.16. The number of pyridine rings is 1. The average molecular weight is 572 g/mol. The minimum absolute atomic E-state index is 0.00456. The van der Waals surface area contributed by atoms with Crippen molar-refractivity contribution in [1.29, 1.82) is 0 Å². The summed E-state index contributed by atoms with van der Waals surface area (Å²) in [6.45, 7) is 2.84. The third-order valence-electron chi connectivity index (χ3n) is 7.68. The second-order valence-electron chi connectivity index (χ2n) is 10.6. The van der Waals surface area contributed by atoms with Crippen molar-refractivity contribution in [2.45, 2.75) is 37.4 Å². The van der Waals surface area contributed by atoms with Crippen molar-refractivity contribution in [2.75, 3.05) is 58.1 Å². The van der Waals surface area contributed by atoms with Gasteiger partial charge in [-0.25, -0.2) is 9.37 Å². The molecule has 0 spiro atoms. The maximum atomic E-state index is 14.8. The molecule has 216 valence electrons. The molecule has 7 rings (SSSR count). The van der Waals surface area contributed by atoms with Crippen molar-refractivity contribution < 1.29 is 9.18 Å². The first-order valence-corrected chi connectivity index (χ1v) is 14.0. The maximum Gasteiger partial charge on any atom is 0.248 e. The first kappa shape index (κ1) is 26.0. The zero-order valence-electron chi connectivity index (χ0n) is 22.8. The average Bonchev–Trinajstić information content (AvgIpc) is 3.65. The Morgan fingerprint density at radius 2 is 1.71 bits per heavy atom. The lowest BCUT2D eigenvalue weighted by Crippen LogP contribution is -2.47. The number of hydrogen-bond acceptors (Lipinski definition) is 12. The van der Waals surface area contributed by atoms with Gasteiger partial charge in [0.1, 0.15) is 12.2 Å². The van der Waals surface area contributed by atoms with Crippen molar-refractivity contribution >= 4 is 41.1 Å². The number of aromatic amines is 1. The van der Waals surface area contributed by atoms with Gasteiger partial charge in [0.05, 0.1) is 12.7 Å². The predicted octanol–water partition coefficient (Wildman–Crippen LogP) is 2.28. The molecule has 2 atom stereocenters. The maximum absolute atomic E-state index is 14.8. The second-order valence-corrected chi connectivity index (χ2v) is 10.6. The number of amides is 1. The van der Waals surface area contributed by atoms with Gasteiger partial charge in [-0.3, -0.25) is 19.9 Å². The van der Waals surface area contributed by atoms with E-state index in [0.717, 1.165) is 37.3 Å². The topological polar surface area (TPSA) is 157 Å². The van der Waals surface area contributed by atoms with Crippen molar-refractivity contribution in [3.8, 4) is 0 Å². The molecule has 2 aliphatic heterocycles. The summed E-state index contributed by atoms with van der Waals surface area (Å²) >= 11 is 0. The van der Waals surface area contributed by atoms with Crippen molar-refractivity contribution in [2.24, 2.45) is 0 Å². The lowest BCUT2D eigenvalue weighted by atomic mass is 10.2. The van der Waals surface area contributed by atoms with Crippen LogP contribution in [0.5, 0.6) is 0 Å². The van der Waals surface area contributed by atoms with E-state index >= 15 is 0 Å². The van der Waals surface area contributed by atoms with E-state index in [4.69, 9.17) is 9.97 Å². The second kappa shape index (κ2) is 11.1. The molecule has 0 radical (unpaired) electrons. The molecule has 4 aromatic heterocycles. The molecular weight excluding hydrogens is 541 g/mol. The standard InChI is InChI=1S/C27H30FN13O/c28-18-13-21(24(42)32-23-15-30-7-8-31-23)41(16-18)27-35-25(33-22-14-20(37-38-22)17-1-2-17)34-26(36-27)40-11-9-39(10-12-40)19-3-5-29-6-4-19/h3-8,14-15,17-18,21H,1-2,9-13,16H2,(H,31,32,42)(H2,33,34,35,36,37,38)/t18-,21+/m1/s1. The number of anilines is 6. The highest BCUT2D eigenvalue weighted by atomic mass is 19.1. The number of halogens is 1. The largest absolute Gasteiger partial charge is 0.368 e. The Labute approximate surface area is 240 Å². The van der Waals surface area contributed by atoms with Crippen LogP contribution in [0.4, 0.5) is 39.6 Å². The monoisotopic (exact) mass is 571 g/mol. The van der Waals surface area contributed by atoms with E-state index in [2.05, 4.69) is 50.6 Å². The third-order valence-corrected chi connectivity index (χ3v) is 7.68. The van der Waals surface area contributed by atoms with Crippen LogP contribution in [0, 0.1) is 0 Å². The first-order chi connectivity index (χ1) is 20.6. The molecule has 2 saturated heterocycles. The summed E-state index contributed by atoms with van der Waals surface area (Å²) < 4.78 is 14.8. The fourth-order valence-corrected chi connectivity index (χ4v) is 5.35. The summed E-state index contributed by atoms with van der Waals surface area (Å²) in [6.07, 6.45) is 9.07. The molecule has 0 unspecified atom stereocenters. The van der Waals surface area contributed by atoms with Gasteiger partial charge in [0.2, 0.25) is 23.8 Å². The minimum atomic E-state index is -1.23. The molecule has 1 amide bonds. The van der Waals surface area contributed by atoms with Gasteiger partial charge in [0.25, 0.3) is 0 Å². The number of alkyl halides is 1. The number of hydrogen-bond donors (Lipinski definition) is 3. The Morgan fingerprint density at radius 3 is 2.48 bits per heavy atom. The Morgan fingerprint density at radius 1 is 0.929 bits per heavy atom. The van der Waals surface area contributed by atoms with E-state index in [1.165, 1.54) is 18.6 Å². The normalized spacial score (nSPS) is 20.5. The third kappa shape index (κ3) is 5.62. The highest BCUT2D eigenvalue weighted by Crippen LogP contribution is 2.39. The van der Waals surface area contributed by atoms with E-state index in [-0.39, 0.29) is 24.9 Å². The van der Waals surface area contributed by atoms with Crippen LogP contribution in [0.2, 0.25) is 0 Å². The van der Waals surface area contributed by atoms with Crippen LogP contribution < -0.4 is 25.3 Å². The zero-order chi connectivity index (χ0) is 28.5. The fraction of sp³-hybridized carbons (Fsp3) is 0.407. The van der Waals surface area contributed by atoms with Crippen molar-refractivity contribution in [1.82, 2.24) is 40.1 Å². The molecule has 15 heteroatoms. The molecule has 4 aromatic rings. The van der Waals surface area contributed by atoms with Crippen LogP contribution >= 0.6 is 0 Å². The number of rotatable bonds is 8. The van der Waals surface area contributed by atoms with Gasteiger partial charge < -0.3 is 25.3 Å². The number of carbonyl (C=O) groups is 1. The molecule has 3 aliphatic rings. The SMILES string of the molecule is O=C(Nc1cnccn1)[C@@H]1C[C@@H](F)CN1c1nc(Nc2cc(C3CC3)[nH]n2)nc(N2CCN(c3ccncc3)CC2)n1. The van der Waals surface area contributed by atoms with Gasteiger partial charge in [-0.05, 0) is 25.0 Å². The number of aromatic nitrogens is 8. The molecular formula is C27H30FN13O. The molecule has 1 aliphatic carbocycles. The number of H-pyrrole nitrogens is 1. The van der Waals surface area contributed by atoms with Gasteiger partial charge in [-0.2, -0.15) is 20.1 Å². The van der Waals surface area contributed by atoms with E-state index in [9.17, 15) is 9.18 Å². The van der Waals surface area contributed by atoms with Crippen LogP contribution in [0.1, 0.15) is 30.9 Å². The molecule has 0 bridgehead atoms. The Hall–Kier alpha value is -4.95. The minimum Gasteiger partial charge on any atom is -0.368 e. The van der Waals surface area contributed by atoms with Crippen LogP contribution in [0.15, 0.2) is 49.2 Å². The van der Waals surface area contributed by atoms with E-state index < -0.39 is 18.1 Å². The van der Waals surface area contributed by atoms with Crippen molar-refractivity contribution in [3.05, 3.63) is 54.9 Å². The van der Waals surface area contributed by atoms with E-state index in [0.29, 0.717) is 36.6 Å². The van der Waals surface area contributed by atoms with Gasteiger partial charge in [-0.15, -0.1) is 0 Å². The van der Waals surface area contributed by atoms with Crippen LogP contribution in [-0.4, -0.2) is 90.9 Å². The molecule has 1 saturated carbocycles. The van der Waals surface area contributed by atoms with Crippen LogP contribution in [-0.2, 0) is 4.79 Å².